The van der Waals surface area contributed by atoms with Crippen molar-refractivity contribution in [2.75, 3.05) is 0 Å². The van der Waals surface area contributed by atoms with Gasteiger partial charge in [-0.15, -0.1) is 0 Å². The molecular weight excluding hydrogens is 479 g/mol. The van der Waals surface area contributed by atoms with Crippen LogP contribution in [0.1, 0.15) is 138 Å². The summed E-state index contributed by atoms with van der Waals surface area (Å²) in [6.45, 7) is 12.5. The molecule has 0 unspecified atom stereocenters. The number of carboxylic acid groups (broad SMARTS) is 1. The molecule has 0 amide bonds. The van der Waals surface area contributed by atoms with Crippen molar-refractivity contribution in [3.05, 3.63) is 0 Å². The van der Waals surface area contributed by atoms with E-state index in [1.54, 1.807) is 15.8 Å². The number of hydrogen-bond donors (Lipinski definition) is 1. The average molecular weight is 533 g/mol. The predicted molar refractivity (Wildman–Crippen MR) is 135 cm³/mol. The standard InChI is InChI=1S/C12H24O2.C6H12O.2C4H9.Sn/c1-2-3-4-5-6-7-8-9-10-11-12(13)14;1-5(2)4-6(3)7;2*1-3-4-2;/h2-11H2,1H3,(H,13,14);5H,4H2,1-3H3;2*1,3-4H2,2H3;. The molecule has 0 fully saturated rings. The van der Waals surface area contributed by atoms with Crippen LogP contribution in [0.5, 0.6) is 0 Å². The zero-order valence-corrected chi connectivity index (χ0v) is 24.2. The molecule has 3 nitrogen and oxygen atoms in total. The fraction of sp³-hybridized carbons (Fsp3) is 0.923. The van der Waals surface area contributed by atoms with E-state index in [4.69, 9.17) is 5.11 Å². The normalized spacial score (nSPS) is 10.1. The summed E-state index contributed by atoms with van der Waals surface area (Å²) in [6, 6.07) is 0. The van der Waals surface area contributed by atoms with Crippen LogP contribution in [0.25, 0.3) is 0 Å². The minimum absolute atomic E-state index is 0.149. The first kappa shape index (κ1) is 34.5. The number of Topliss-reactive ketones (excluding diaryl/α,β-unsaturated/α-hetero) is 1. The number of rotatable bonds is 18. The van der Waals surface area contributed by atoms with Gasteiger partial charge in [0.1, 0.15) is 5.78 Å². The van der Waals surface area contributed by atoms with E-state index in [0.717, 1.165) is 19.3 Å². The van der Waals surface area contributed by atoms with Crippen LogP contribution in [0.2, 0.25) is 8.87 Å². The van der Waals surface area contributed by atoms with Crippen molar-refractivity contribution in [2.24, 2.45) is 5.92 Å². The minimum atomic E-state index is -0.659. The van der Waals surface area contributed by atoms with E-state index in [1.165, 1.54) is 70.6 Å². The fourth-order valence-electron chi connectivity index (χ4n) is 2.89. The van der Waals surface area contributed by atoms with E-state index in [1.807, 2.05) is 13.8 Å². The number of carboxylic acids is 1. The molecule has 2 radical (unpaired) electrons. The van der Waals surface area contributed by atoms with Crippen molar-refractivity contribution in [3.8, 4) is 0 Å². The number of unbranched alkanes of at least 4 members (excludes halogenated alkanes) is 10. The van der Waals surface area contributed by atoms with Gasteiger partial charge in [0, 0.05) is 12.8 Å². The zero-order valence-electron chi connectivity index (χ0n) is 21.4. The topological polar surface area (TPSA) is 54.4 Å². The zero-order chi connectivity index (χ0) is 23.5. The summed E-state index contributed by atoms with van der Waals surface area (Å²) < 4.78 is 3.25. The van der Waals surface area contributed by atoms with Gasteiger partial charge >= 0.3 is 75.5 Å². The van der Waals surface area contributed by atoms with Gasteiger partial charge in [-0.25, -0.2) is 0 Å². The Bertz CT molecular complexity index is 337. The van der Waals surface area contributed by atoms with Crippen molar-refractivity contribution in [3.63, 3.8) is 0 Å². The van der Waals surface area contributed by atoms with E-state index >= 15 is 0 Å². The molecule has 1 N–H and O–H groups in total. The van der Waals surface area contributed by atoms with Gasteiger partial charge in [0.05, 0.1) is 0 Å². The Labute approximate surface area is 199 Å². The maximum absolute atomic E-state index is 10.3. The van der Waals surface area contributed by atoms with Crippen LogP contribution in [-0.2, 0) is 9.59 Å². The molecular formula is C26H54O3Sn. The van der Waals surface area contributed by atoms with Crippen LogP contribution in [0.15, 0.2) is 0 Å². The van der Waals surface area contributed by atoms with Crippen LogP contribution in [0.4, 0.5) is 0 Å². The molecule has 0 rings (SSSR count). The molecule has 4 heteroatoms. The second-order valence-corrected chi connectivity index (χ2v) is 13.0. The monoisotopic (exact) mass is 534 g/mol. The van der Waals surface area contributed by atoms with E-state index in [0.29, 0.717) is 12.3 Å². The number of aliphatic carboxylic acids is 1. The number of hydrogen-bond acceptors (Lipinski definition) is 2. The summed E-state index contributed by atoms with van der Waals surface area (Å²) in [5.74, 6) is 0.153. The third kappa shape index (κ3) is 46.2. The van der Waals surface area contributed by atoms with E-state index in [-0.39, 0.29) is 26.9 Å². The van der Waals surface area contributed by atoms with Gasteiger partial charge in [-0.3, -0.25) is 4.79 Å². The van der Waals surface area contributed by atoms with Crippen molar-refractivity contribution < 1.29 is 14.7 Å². The first-order valence-electron chi connectivity index (χ1n) is 12.7. The molecule has 30 heavy (non-hydrogen) atoms. The van der Waals surface area contributed by atoms with Crippen LogP contribution in [0, 0.1) is 5.92 Å². The second kappa shape index (κ2) is 31.1. The molecule has 0 saturated heterocycles. The Morgan fingerprint density at radius 1 is 0.700 bits per heavy atom. The van der Waals surface area contributed by atoms with Crippen LogP contribution in [0.3, 0.4) is 0 Å². The van der Waals surface area contributed by atoms with Gasteiger partial charge in [-0.1, -0.05) is 72.1 Å². The van der Waals surface area contributed by atoms with Crippen LogP contribution in [-0.4, -0.2) is 38.0 Å². The SMILES string of the molecule is CC(=O)CC(C)C.CCCCCCCCCCCC(=O)O.CCC[CH2][Sn][CH2]CCC. The molecule has 0 spiro atoms. The molecule has 0 saturated carbocycles. The van der Waals surface area contributed by atoms with Crippen molar-refractivity contribution in [1.82, 2.24) is 0 Å². The molecule has 0 aliphatic rings. The second-order valence-electron chi connectivity index (χ2n) is 8.73. The van der Waals surface area contributed by atoms with Gasteiger partial charge in [0.2, 0.25) is 0 Å². The van der Waals surface area contributed by atoms with Crippen molar-refractivity contribution >= 4 is 32.9 Å². The summed E-state index contributed by atoms with van der Waals surface area (Å²) in [5.41, 5.74) is 0. The molecule has 0 aromatic rings. The maximum atomic E-state index is 10.3. The van der Waals surface area contributed by atoms with Gasteiger partial charge in [0.25, 0.3) is 0 Å². The van der Waals surface area contributed by atoms with Gasteiger partial charge in [0.15, 0.2) is 0 Å². The molecule has 0 atom stereocenters. The summed E-state index contributed by atoms with van der Waals surface area (Å²) in [4.78, 5) is 20.5. The van der Waals surface area contributed by atoms with Crippen LogP contribution < -0.4 is 0 Å². The van der Waals surface area contributed by atoms with Crippen LogP contribution >= 0.6 is 0 Å². The van der Waals surface area contributed by atoms with E-state index in [9.17, 15) is 9.59 Å². The third-order valence-electron chi connectivity index (χ3n) is 4.60. The molecule has 0 heterocycles. The number of carbonyl (C=O) groups excluding carboxylic acids is 1. The Morgan fingerprint density at radius 2 is 1.10 bits per heavy atom. The Kier molecular flexibility index (Phi) is 35.8. The molecule has 180 valence electrons. The first-order chi connectivity index (χ1) is 14.3. The van der Waals surface area contributed by atoms with E-state index in [2.05, 4.69) is 20.8 Å². The summed E-state index contributed by atoms with van der Waals surface area (Å²) in [6.07, 6.45) is 18.0. The summed E-state index contributed by atoms with van der Waals surface area (Å²) >= 11 is 0.149. The predicted octanol–water partition coefficient (Wildman–Crippen LogP) is 8.74. The summed E-state index contributed by atoms with van der Waals surface area (Å²) in [7, 11) is 0. The van der Waals surface area contributed by atoms with Gasteiger partial charge in [-0.2, -0.15) is 0 Å². The molecule has 0 aliphatic carbocycles. The summed E-state index contributed by atoms with van der Waals surface area (Å²) in [5, 5.41) is 8.41. The first-order valence-corrected chi connectivity index (χ1v) is 16.8. The van der Waals surface area contributed by atoms with Gasteiger partial charge in [-0.05, 0) is 19.3 Å². The Morgan fingerprint density at radius 3 is 1.40 bits per heavy atom. The number of carbonyl (C=O) groups is 2. The third-order valence-corrected chi connectivity index (χ3v) is 8.64. The Balaban J connectivity index is -0.000000393. The van der Waals surface area contributed by atoms with Crippen molar-refractivity contribution in [2.45, 2.75) is 147 Å². The van der Waals surface area contributed by atoms with Gasteiger partial charge < -0.3 is 9.90 Å². The molecule has 0 aromatic carbocycles. The molecule has 0 aliphatic heterocycles. The fourth-order valence-corrected chi connectivity index (χ4v) is 7.05. The van der Waals surface area contributed by atoms with Crippen molar-refractivity contribution in [1.29, 1.82) is 0 Å². The quantitative estimate of drug-likeness (QED) is 0.142. The Hall–Kier alpha value is -0.0613. The van der Waals surface area contributed by atoms with E-state index < -0.39 is 5.97 Å². The average Bonchev–Trinajstić information content (AvgIpc) is 2.66. The molecule has 0 aromatic heterocycles. The number of ketones is 1. The molecule has 0 bridgehead atoms.